The Labute approximate surface area is 121 Å². The van der Waals surface area contributed by atoms with Gasteiger partial charge in [-0.25, -0.2) is 0 Å². The normalized spacial score (nSPS) is 17.1. The highest BCUT2D eigenvalue weighted by atomic mass is 16.5. The van der Waals surface area contributed by atoms with Crippen molar-refractivity contribution in [3.05, 3.63) is 23.8 Å². The zero-order chi connectivity index (χ0) is 14.4. The molecule has 20 heavy (non-hydrogen) atoms. The molecule has 5 nitrogen and oxygen atoms in total. The molecule has 0 radical (unpaired) electrons. The van der Waals surface area contributed by atoms with E-state index < -0.39 is 0 Å². The molecule has 0 saturated carbocycles. The van der Waals surface area contributed by atoms with Crippen LogP contribution in [0.3, 0.4) is 0 Å². The summed E-state index contributed by atoms with van der Waals surface area (Å²) >= 11 is 0. The lowest BCUT2D eigenvalue weighted by molar-refractivity contribution is 0.133. The summed E-state index contributed by atoms with van der Waals surface area (Å²) in [7, 11) is 3.82. The van der Waals surface area contributed by atoms with Gasteiger partial charge in [0.2, 0.25) is 0 Å². The number of rotatable bonds is 6. The molecule has 1 heterocycles. The Morgan fingerprint density at radius 2 is 1.95 bits per heavy atom. The van der Waals surface area contributed by atoms with Crippen LogP contribution in [0.2, 0.25) is 0 Å². The Morgan fingerprint density at radius 3 is 2.60 bits per heavy atom. The van der Waals surface area contributed by atoms with Crippen molar-refractivity contribution in [1.82, 2.24) is 9.80 Å². The minimum atomic E-state index is 0.459. The molecule has 0 bridgehead atoms. The summed E-state index contributed by atoms with van der Waals surface area (Å²) in [6, 6.07) is 5.78. The highest BCUT2D eigenvalue weighted by Crippen LogP contribution is 2.23. The summed E-state index contributed by atoms with van der Waals surface area (Å²) in [4.78, 5) is 4.79. The third kappa shape index (κ3) is 4.10. The van der Waals surface area contributed by atoms with Crippen LogP contribution < -0.4 is 15.2 Å². The minimum absolute atomic E-state index is 0.459. The molecule has 0 spiro atoms. The lowest BCUT2D eigenvalue weighted by atomic mass is 10.2. The molecule has 0 unspecified atom stereocenters. The first-order chi connectivity index (χ1) is 9.72. The van der Waals surface area contributed by atoms with Crippen molar-refractivity contribution in [2.45, 2.75) is 6.54 Å². The number of nitrogens with zero attached hydrogens (tertiary/aromatic N) is 2. The monoisotopic (exact) mass is 279 g/mol. The first kappa shape index (κ1) is 15.1. The fourth-order valence-electron chi connectivity index (χ4n) is 2.34. The quantitative estimate of drug-likeness (QED) is 0.834. The molecule has 1 saturated heterocycles. The van der Waals surface area contributed by atoms with Crippen LogP contribution in [0.25, 0.3) is 0 Å². The second-order valence-corrected chi connectivity index (χ2v) is 5.17. The second kappa shape index (κ2) is 7.47. The first-order valence-electron chi connectivity index (χ1n) is 7.13. The highest BCUT2D eigenvalue weighted by molar-refractivity contribution is 5.40. The number of ether oxygens (including phenoxy) is 2. The molecule has 2 N–H and O–H groups in total. The van der Waals surface area contributed by atoms with Crippen molar-refractivity contribution in [3.8, 4) is 11.5 Å². The van der Waals surface area contributed by atoms with Crippen LogP contribution in [0.4, 0.5) is 0 Å². The number of hydrogen-bond acceptors (Lipinski definition) is 5. The van der Waals surface area contributed by atoms with Crippen molar-refractivity contribution >= 4 is 0 Å². The average Bonchev–Trinajstić information content (AvgIpc) is 2.49. The fourth-order valence-corrected chi connectivity index (χ4v) is 2.34. The number of nitrogens with two attached hydrogens (primary N) is 1. The lowest BCUT2D eigenvalue weighted by Crippen LogP contribution is -2.45. The fraction of sp³-hybridized carbons (Fsp3) is 0.600. The zero-order valence-corrected chi connectivity index (χ0v) is 12.5. The van der Waals surface area contributed by atoms with Gasteiger partial charge in [0.25, 0.3) is 0 Å². The minimum Gasteiger partial charge on any atom is -0.497 e. The van der Waals surface area contributed by atoms with Gasteiger partial charge in [-0.05, 0) is 25.2 Å². The molecular weight excluding hydrogens is 254 g/mol. The Balaban J connectivity index is 1.81. The zero-order valence-electron chi connectivity index (χ0n) is 12.5. The van der Waals surface area contributed by atoms with Gasteiger partial charge in [0.1, 0.15) is 18.1 Å². The molecule has 0 aliphatic carbocycles. The molecule has 5 heteroatoms. The van der Waals surface area contributed by atoms with E-state index in [1.54, 1.807) is 7.11 Å². The van der Waals surface area contributed by atoms with Crippen LogP contribution in [0.15, 0.2) is 18.2 Å². The van der Waals surface area contributed by atoms with Crippen molar-refractivity contribution < 1.29 is 9.47 Å². The number of piperazine rings is 1. The van der Waals surface area contributed by atoms with Crippen molar-refractivity contribution in [2.75, 3.05) is 53.5 Å². The van der Waals surface area contributed by atoms with Crippen LogP contribution in [0.1, 0.15) is 5.56 Å². The maximum absolute atomic E-state index is 5.87. The molecule has 1 aliphatic rings. The molecule has 0 atom stereocenters. The third-order valence-electron chi connectivity index (χ3n) is 3.75. The van der Waals surface area contributed by atoms with Crippen LogP contribution in [-0.4, -0.2) is 63.3 Å². The molecule has 0 aromatic heterocycles. The maximum Gasteiger partial charge on any atom is 0.124 e. The lowest BCUT2D eigenvalue weighted by Gasteiger charge is -2.32. The molecule has 112 valence electrons. The van der Waals surface area contributed by atoms with Crippen LogP contribution >= 0.6 is 0 Å². The van der Waals surface area contributed by atoms with E-state index in [0.717, 1.165) is 49.8 Å². The molecular formula is C15H25N3O2. The average molecular weight is 279 g/mol. The SMILES string of the molecule is COc1ccc(OCCN2CCN(C)CC2)c(CN)c1. The number of methoxy groups -OCH3 is 1. The third-order valence-corrected chi connectivity index (χ3v) is 3.75. The van der Waals surface area contributed by atoms with Crippen molar-refractivity contribution in [2.24, 2.45) is 5.73 Å². The largest absolute Gasteiger partial charge is 0.497 e. The van der Waals surface area contributed by atoms with Gasteiger partial charge >= 0.3 is 0 Å². The van der Waals surface area contributed by atoms with Crippen molar-refractivity contribution in [1.29, 1.82) is 0 Å². The maximum atomic E-state index is 5.87. The summed E-state index contributed by atoms with van der Waals surface area (Å²) < 4.78 is 11.1. The molecule has 1 aromatic carbocycles. The Bertz CT molecular complexity index is 418. The van der Waals surface area contributed by atoms with Gasteiger partial charge in [0.05, 0.1) is 7.11 Å². The summed E-state index contributed by atoms with van der Waals surface area (Å²) in [5.74, 6) is 1.68. The predicted molar refractivity (Wildman–Crippen MR) is 80.3 cm³/mol. The van der Waals surface area contributed by atoms with Crippen LogP contribution in [0, 0.1) is 0 Å². The van der Waals surface area contributed by atoms with E-state index in [1.807, 2.05) is 18.2 Å². The van der Waals surface area contributed by atoms with Crippen molar-refractivity contribution in [3.63, 3.8) is 0 Å². The Hall–Kier alpha value is -1.30. The van der Waals surface area contributed by atoms with Gasteiger partial charge in [0, 0.05) is 44.8 Å². The van der Waals surface area contributed by atoms with E-state index in [4.69, 9.17) is 15.2 Å². The summed E-state index contributed by atoms with van der Waals surface area (Å²) in [5, 5.41) is 0. The van der Waals surface area contributed by atoms with Crippen LogP contribution in [0.5, 0.6) is 11.5 Å². The van der Waals surface area contributed by atoms with Gasteiger partial charge in [0.15, 0.2) is 0 Å². The van der Waals surface area contributed by atoms with E-state index in [0.29, 0.717) is 13.2 Å². The van der Waals surface area contributed by atoms with Gasteiger partial charge in [-0.15, -0.1) is 0 Å². The molecule has 2 rings (SSSR count). The summed E-state index contributed by atoms with van der Waals surface area (Å²) in [6.45, 7) is 6.62. The van der Waals surface area contributed by atoms with Gasteiger partial charge in [-0.1, -0.05) is 0 Å². The standard InChI is InChI=1S/C15H25N3O2/c1-17-5-7-18(8-6-17)9-10-20-15-4-3-14(19-2)11-13(15)12-16/h3-4,11H,5-10,12,16H2,1-2H3. The van der Waals surface area contributed by atoms with Gasteiger partial charge in [-0.3, -0.25) is 4.90 Å². The predicted octanol–water partition coefficient (Wildman–Crippen LogP) is 0.780. The molecule has 1 aromatic rings. The van der Waals surface area contributed by atoms with E-state index in [2.05, 4.69) is 16.8 Å². The highest BCUT2D eigenvalue weighted by Gasteiger charge is 2.13. The molecule has 1 aliphatic heterocycles. The second-order valence-electron chi connectivity index (χ2n) is 5.17. The smallest absolute Gasteiger partial charge is 0.124 e. The molecule has 0 amide bonds. The van der Waals surface area contributed by atoms with Gasteiger partial charge < -0.3 is 20.1 Å². The van der Waals surface area contributed by atoms with E-state index in [-0.39, 0.29) is 0 Å². The topological polar surface area (TPSA) is 51.0 Å². The number of hydrogen-bond donors (Lipinski definition) is 1. The first-order valence-corrected chi connectivity index (χ1v) is 7.13. The van der Waals surface area contributed by atoms with E-state index >= 15 is 0 Å². The van der Waals surface area contributed by atoms with Gasteiger partial charge in [-0.2, -0.15) is 0 Å². The summed E-state index contributed by atoms with van der Waals surface area (Å²) in [5.41, 5.74) is 6.74. The van der Waals surface area contributed by atoms with E-state index in [9.17, 15) is 0 Å². The van der Waals surface area contributed by atoms with Crippen LogP contribution in [-0.2, 0) is 6.54 Å². The summed E-state index contributed by atoms with van der Waals surface area (Å²) in [6.07, 6.45) is 0. The molecule has 1 fully saturated rings. The number of likely N-dealkylation sites (N-methyl/N-ethyl adjacent to an activating group) is 1. The Kier molecular flexibility index (Phi) is 5.64. The number of benzene rings is 1. The van der Waals surface area contributed by atoms with E-state index in [1.165, 1.54) is 0 Å². The Morgan fingerprint density at radius 1 is 1.20 bits per heavy atom.